The molecule has 1 unspecified atom stereocenters. The number of hydrogen-bond acceptors (Lipinski definition) is 3. The van der Waals surface area contributed by atoms with Crippen molar-refractivity contribution in [3.8, 4) is 0 Å². The summed E-state index contributed by atoms with van der Waals surface area (Å²) in [5, 5.41) is 18.3. The second-order valence-electron chi connectivity index (χ2n) is 4.28. The Morgan fingerprint density at radius 2 is 1.59 bits per heavy atom. The standard InChI is InChI=1S/C14H27NO2/c1-3-11-15(14(17)4-2)12-9-7-5-6-8-10-13-16/h3-4,14,16-17H,1-2,5-13H2. The molecule has 0 aliphatic heterocycles. The third-order valence-corrected chi connectivity index (χ3v) is 2.80. The van der Waals surface area contributed by atoms with Crippen molar-refractivity contribution in [3.63, 3.8) is 0 Å². The first kappa shape index (κ1) is 16.4. The van der Waals surface area contributed by atoms with Crippen LogP contribution in [0.25, 0.3) is 0 Å². The molecule has 0 aromatic rings. The van der Waals surface area contributed by atoms with Crippen LogP contribution < -0.4 is 0 Å². The molecule has 0 amide bonds. The van der Waals surface area contributed by atoms with E-state index in [0.29, 0.717) is 13.2 Å². The SMILES string of the molecule is C=CCN(CCCCCCCCO)C(O)C=C. The number of nitrogens with zero attached hydrogens (tertiary/aromatic N) is 1. The molecule has 2 N–H and O–H groups in total. The molecule has 3 nitrogen and oxygen atoms in total. The van der Waals surface area contributed by atoms with Gasteiger partial charge in [-0.1, -0.05) is 38.3 Å². The Morgan fingerprint density at radius 1 is 1.00 bits per heavy atom. The lowest BCUT2D eigenvalue weighted by Gasteiger charge is -2.24. The molecule has 0 spiro atoms. The molecule has 0 bridgehead atoms. The molecule has 100 valence electrons. The van der Waals surface area contributed by atoms with Gasteiger partial charge < -0.3 is 10.2 Å². The lowest BCUT2D eigenvalue weighted by Crippen LogP contribution is -2.34. The van der Waals surface area contributed by atoms with Gasteiger partial charge in [-0.3, -0.25) is 4.90 Å². The Morgan fingerprint density at radius 3 is 2.12 bits per heavy atom. The van der Waals surface area contributed by atoms with Crippen LogP contribution in [0.4, 0.5) is 0 Å². The van der Waals surface area contributed by atoms with Gasteiger partial charge in [-0.25, -0.2) is 0 Å². The minimum atomic E-state index is -0.567. The summed E-state index contributed by atoms with van der Waals surface area (Å²) in [6.45, 7) is 9.15. The maximum atomic E-state index is 9.65. The van der Waals surface area contributed by atoms with Crippen LogP contribution in [0.3, 0.4) is 0 Å². The highest BCUT2D eigenvalue weighted by molar-refractivity contribution is 4.83. The Balaban J connectivity index is 3.54. The van der Waals surface area contributed by atoms with E-state index in [1.165, 1.54) is 19.3 Å². The average molecular weight is 241 g/mol. The van der Waals surface area contributed by atoms with Crippen LogP contribution >= 0.6 is 0 Å². The Kier molecular flexibility index (Phi) is 11.4. The van der Waals surface area contributed by atoms with Gasteiger partial charge in [0, 0.05) is 19.7 Å². The van der Waals surface area contributed by atoms with Gasteiger partial charge in [-0.05, 0) is 18.9 Å². The summed E-state index contributed by atoms with van der Waals surface area (Å²) in [6.07, 6.45) is 9.44. The van der Waals surface area contributed by atoms with Gasteiger partial charge in [0.15, 0.2) is 0 Å². The summed E-state index contributed by atoms with van der Waals surface area (Å²) in [6, 6.07) is 0. The first-order valence-electron chi connectivity index (χ1n) is 6.52. The Bertz CT molecular complexity index is 195. The number of unbranched alkanes of at least 4 members (excludes halogenated alkanes) is 5. The lowest BCUT2D eigenvalue weighted by molar-refractivity contribution is 0.0498. The normalized spacial score (nSPS) is 12.6. The van der Waals surface area contributed by atoms with Crippen LogP contribution in [-0.2, 0) is 0 Å². The quantitative estimate of drug-likeness (QED) is 0.313. The maximum absolute atomic E-state index is 9.65. The van der Waals surface area contributed by atoms with Crippen LogP contribution in [0.1, 0.15) is 38.5 Å². The van der Waals surface area contributed by atoms with Gasteiger partial charge in [0.25, 0.3) is 0 Å². The summed E-state index contributed by atoms with van der Waals surface area (Å²) in [5.41, 5.74) is 0. The van der Waals surface area contributed by atoms with Crippen molar-refractivity contribution < 1.29 is 10.2 Å². The van der Waals surface area contributed by atoms with E-state index in [1.807, 2.05) is 4.90 Å². The van der Waals surface area contributed by atoms with E-state index in [0.717, 1.165) is 25.8 Å². The van der Waals surface area contributed by atoms with Gasteiger partial charge in [0.1, 0.15) is 6.23 Å². The lowest BCUT2D eigenvalue weighted by atomic mass is 10.1. The maximum Gasteiger partial charge on any atom is 0.126 e. The fourth-order valence-corrected chi connectivity index (χ4v) is 1.78. The first-order chi connectivity index (χ1) is 8.26. The van der Waals surface area contributed by atoms with Crippen molar-refractivity contribution in [1.82, 2.24) is 4.90 Å². The molecule has 0 radical (unpaired) electrons. The van der Waals surface area contributed by atoms with E-state index >= 15 is 0 Å². The van der Waals surface area contributed by atoms with Crippen LogP contribution in [-0.4, -0.2) is 41.0 Å². The molecule has 0 saturated carbocycles. The van der Waals surface area contributed by atoms with E-state index in [-0.39, 0.29) is 0 Å². The van der Waals surface area contributed by atoms with Crippen LogP contribution in [0.2, 0.25) is 0 Å². The molecular formula is C14H27NO2. The molecule has 0 rings (SSSR count). The second-order valence-corrected chi connectivity index (χ2v) is 4.28. The zero-order chi connectivity index (χ0) is 12.9. The van der Waals surface area contributed by atoms with Crippen LogP contribution in [0.15, 0.2) is 25.3 Å². The first-order valence-corrected chi connectivity index (χ1v) is 6.52. The van der Waals surface area contributed by atoms with Crippen molar-refractivity contribution in [2.45, 2.75) is 44.8 Å². The van der Waals surface area contributed by atoms with Crippen LogP contribution in [0, 0.1) is 0 Å². The summed E-state index contributed by atoms with van der Waals surface area (Å²) in [4.78, 5) is 1.95. The van der Waals surface area contributed by atoms with E-state index < -0.39 is 6.23 Å². The molecule has 0 aromatic carbocycles. The van der Waals surface area contributed by atoms with Crippen molar-refractivity contribution in [2.75, 3.05) is 19.7 Å². The minimum Gasteiger partial charge on any atom is -0.396 e. The predicted molar refractivity (Wildman–Crippen MR) is 72.8 cm³/mol. The molecule has 1 atom stereocenters. The second kappa shape index (κ2) is 11.8. The highest BCUT2D eigenvalue weighted by Crippen LogP contribution is 2.07. The smallest absolute Gasteiger partial charge is 0.126 e. The molecule has 0 aliphatic rings. The van der Waals surface area contributed by atoms with E-state index in [1.54, 1.807) is 12.2 Å². The summed E-state index contributed by atoms with van der Waals surface area (Å²) in [7, 11) is 0. The van der Waals surface area contributed by atoms with Gasteiger partial charge in [-0.2, -0.15) is 0 Å². The number of rotatable bonds is 12. The van der Waals surface area contributed by atoms with Crippen molar-refractivity contribution >= 4 is 0 Å². The molecular weight excluding hydrogens is 214 g/mol. The molecule has 0 fully saturated rings. The molecule has 3 heteroatoms. The molecule has 0 heterocycles. The summed E-state index contributed by atoms with van der Waals surface area (Å²) in [5.74, 6) is 0. The fourth-order valence-electron chi connectivity index (χ4n) is 1.78. The fraction of sp³-hybridized carbons (Fsp3) is 0.714. The van der Waals surface area contributed by atoms with Crippen LogP contribution in [0.5, 0.6) is 0 Å². The van der Waals surface area contributed by atoms with E-state index in [4.69, 9.17) is 5.11 Å². The molecule has 0 aromatic heterocycles. The van der Waals surface area contributed by atoms with Crippen molar-refractivity contribution in [2.24, 2.45) is 0 Å². The van der Waals surface area contributed by atoms with Gasteiger partial charge in [-0.15, -0.1) is 6.58 Å². The highest BCUT2D eigenvalue weighted by atomic mass is 16.3. The van der Waals surface area contributed by atoms with E-state index in [2.05, 4.69) is 13.2 Å². The molecule has 0 saturated heterocycles. The topological polar surface area (TPSA) is 43.7 Å². The van der Waals surface area contributed by atoms with Crippen molar-refractivity contribution in [1.29, 1.82) is 0 Å². The Hall–Kier alpha value is -0.640. The molecule has 17 heavy (non-hydrogen) atoms. The average Bonchev–Trinajstić information content (AvgIpc) is 2.35. The zero-order valence-electron chi connectivity index (χ0n) is 10.9. The number of aliphatic hydroxyl groups excluding tert-OH is 2. The highest BCUT2D eigenvalue weighted by Gasteiger charge is 2.09. The predicted octanol–water partition coefficient (Wildman–Crippen LogP) is 2.31. The van der Waals surface area contributed by atoms with Crippen molar-refractivity contribution in [3.05, 3.63) is 25.3 Å². The molecule has 0 aliphatic carbocycles. The number of hydrogen-bond donors (Lipinski definition) is 2. The van der Waals surface area contributed by atoms with Gasteiger partial charge in [0.2, 0.25) is 0 Å². The summed E-state index contributed by atoms with van der Waals surface area (Å²) < 4.78 is 0. The van der Waals surface area contributed by atoms with Gasteiger partial charge in [0.05, 0.1) is 0 Å². The third kappa shape index (κ3) is 9.10. The number of aliphatic hydroxyl groups is 2. The Labute approximate surface area is 105 Å². The summed E-state index contributed by atoms with van der Waals surface area (Å²) >= 11 is 0. The monoisotopic (exact) mass is 241 g/mol. The largest absolute Gasteiger partial charge is 0.396 e. The zero-order valence-corrected chi connectivity index (χ0v) is 10.9. The van der Waals surface area contributed by atoms with Gasteiger partial charge >= 0.3 is 0 Å². The van der Waals surface area contributed by atoms with E-state index in [9.17, 15) is 5.11 Å². The third-order valence-electron chi connectivity index (χ3n) is 2.80. The minimum absolute atomic E-state index is 0.304.